The Labute approximate surface area is 150 Å². The third kappa shape index (κ3) is 3.85. The molecule has 3 rings (SSSR count). The molecule has 0 aliphatic heterocycles. The molecule has 0 aliphatic rings. The number of aromatic nitrogens is 1. The molecule has 0 saturated heterocycles. The number of rotatable bonds is 7. The van der Waals surface area contributed by atoms with E-state index in [-0.39, 0.29) is 15.5 Å². The maximum absolute atomic E-state index is 11.4. The van der Waals surface area contributed by atoms with Crippen molar-refractivity contribution in [1.29, 1.82) is 0 Å². The molecule has 2 aromatic carbocycles. The summed E-state index contributed by atoms with van der Waals surface area (Å²) in [4.78, 5) is 10.9. The molecule has 8 heteroatoms. The lowest BCUT2D eigenvalue weighted by Crippen LogP contribution is -2.04. The fourth-order valence-electron chi connectivity index (χ4n) is 2.77. The molecule has 0 aliphatic carbocycles. The molecule has 1 aromatic heterocycles. The molecule has 0 fully saturated rings. The van der Waals surface area contributed by atoms with Crippen LogP contribution in [0.3, 0.4) is 0 Å². The van der Waals surface area contributed by atoms with Crippen LogP contribution in [0, 0.1) is 10.1 Å². The number of nitrogens with zero attached hydrogens (tertiary/aromatic N) is 2. The molecule has 3 aromatic rings. The van der Waals surface area contributed by atoms with Crippen molar-refractivity contribution in [3.8, 4) is 5.75 Å². The van der Waals surface area contributed by atoms with Gasteiger partial charge in [-0.2, -0.15) is 0 Å². The van der Waals surface area contributed by atoms with E-state index in [0.29, 0.717) is 30.7 Å². The standard InChI is InChI=1S/C18H18N2O5S/c1-26(23,24)15-8-6-14(7-9-15)25-13-3-11-19-12-10-16-17(19)4-2-5-18(16)20(21)22/h2,4-10,12H,3,11,13H2,1H3. The number of nitro groups is 1. The van der Waals surface area contributed by atoms with Gasteiger partial charge >= 0.3 is 0 Å². The van der Waals surface area contributed by atoms with Gasteiger partial charge in [-0.25, -0.2) is 8.42 Å². The molecule has 136 valence electrons. The van der Waals surface area contributed by atoms with Gasteiger partial charge in [0.15, 0.2) is 9.84 Å². The highest BCUT2D eigenvalue weighted by atomic mass is 32.2. The lowest BCUT2D eigenvalue weighted by Gasteiger charge is -2.08. The fraction of sp³-hybridized carbons (Fsp3) is 0.222. The Kier molecular flexibility index (Phi) is 4.94. The number of ether oxygens (including phenoxy) is 1. The second-order valence-corrected chi connectivity index (χ2v) is 7.94. The van der Waals surface area contributed by atoms with Crippen molar-refractivity contribution in [3.63, 3.8) is 0 Å². The highest BCUT2D eigenvalue weighted by Gasteiger charge is 2.13. The molecule has 0 saturated carbocycles. The minimum absolute atomic E-state index is 0.100. The van der Waals surface area contributed by atoms with E-state index in [1.807, 2.05) is 16.8 Å². The van der Waals surface area contributed by atoms with Crippen LogP contribution in [0.2, 0.25) is 0 Å². The van der Waals surface area contributed by atoms with Crippen LogP contribution < -0.4 is 4.74 Å². The van der Waals surface area contributed by atoms with E-state index in [1.165, 1.54) is 18.2 Å². The average Bonchev–Trinajstić information content (AvgIpc) is 3.01. The molecular weight excluding hydrogens is 356 g/mol. The van der Waals surface area contributed by atoms with Gasteiger partial charge < -0.3 is 9.30 Å². The van der Waals surface area contributed by atoms with Gasteiger partial charge in [-0.15, -0.1) is 0 Å². The van der Waals surface area contributed by atoms with E-state index in [4.69, 9.17) is 4.74 Å². The topological polar surface area (TPSA) is 91.4 Å². The van der Waals surface area contributed by atoms with Crippen LogP contribution in [0.1, 0.15) is 6.42 Å². The highest BCUT2D eigenvalue weighted by molar-refractivity contribution is 7.90. The third-order valence-corrected chi connectivity index (χ3v) is 5.18. The first-order chi connectivity index (χ1) is 12.4. The van der Waals surface area contributed by atoms with Crippen LogP contribution in [0.4, 0.5) is 5.69 Å². The molecule has 0 radical (unpaired) electrons. The van der Waals surface area contributed by atoms with Crippen molar-refractivity contribution in [1.82, 2.24) is 4.57 Å². The van der Waals surface area contributed by atoms with Gasteiger partial charge in [0, 0.05) is 25.1 Å². The SMILES string of the molecule is CS(=O)(=O)c1ccc(OCCCn2ccc3c([N+](=O)[O-])cccc32)cc1. The zero-order valence-electron chi connectivity index (χ0n) is 14.2. The molecule has 7 nitrogen and oxygen atoms in total. The van der Waals surface area contributed by atoms with Crippen molar-refractivity contribution in [2.45, 2.75) is 17.9 Å². The maximum atomic E-state index is 11.4. The number of fused-ring (bicyclic) bond motifs is 1. The van der Waals surface area contributed by atoms with E-state index >= 15 is 0 Å². The Morgan fingerprint density at radius 1 is 1.12 bits per heavy atom. The Morgan fingerprint density at radius 3 is 2.50 bits per heavy atom. The van der Waals surface area contributed by atoms with Crippen LogP contribution in [-0.2, 0) is 16.4 Å². The molecule has 0 spiro atoms. The first-order valence-electron chi connectivity index (χ1n) is 8.01. The number of aryl methyl sites for hydroxylation is 1. The van der Waals surface area contributed by atoms with Crippen LogP contribution in [-0.4, -0.2) is 30.8 Å². The maximum Gasteiger partial charge on any atom is 0.278 e. The smallest absolute Gasteiger partial charge is 0.278 e. The largest absolute Gasteiger partial charge is 0.494 e. The predicted octanol–water partition coefficient (Wildman–Crippen LogP) is 3.42. The van der Waals surface area contributed by atoms with Gasteiger partial charge in [-0.05, 0) is 42.8 Å². The van der Waals surface area contributed by atoms with Crippen LogP contribution >= 0.6 is 0 Å². The van der Waals surface area contributed by atoms with Crippen LogP contribution in [0.25, 0.3) is 10.9 Å². The van der Waals surface area contributed by atoms with E-state index in [9.17, 15) is 18.5 Å². The Balaban J connectivity index is 1.60. The summed E-state index contributed by atoms with van der Waals surface area (Å²) in [6, 6.07) is 13.1. The van der Waals surface area contributed by atoms with E-state index in [0.717, 1.165) is 11.8 Å². The molecule has 0 amide bonds. The lowest BCUT2D eigenvalue weighted by molar-refractivity contribution is -0.383. The van der Waals surface area contributed by atoms with E-state index in [1.54, 1.807) is 24.3 Å². The van der Waals surface area contributed by atoms with Crippen molar-refractivity contribution in [2.24, 2.45) is 0 Å². The van der Waals surface area contributed by atoms with Gasteiger partial charge in [-0.3, -0.25) is 10.1 Å². The van der Waals surface area contributed by atoms with Crippen molar-refractivity contribution in [3.05, 3.63) is 64.8 Å². The molecule has 0 atom stereocenters. The first kappa shape index (κ1) is 17.9. The van der Waals surface area contributed by atoms with Gasteiger partial charge in [0.05, 0.1) is 27.3 Å². The molecule has 1 heterocycles. The minimum Gasteiger partial charge on any atom is -0.494 e. The molecule has 26 heavy (non-hydrogen) atoms. The molecule has 0 unspecified atom stereocenters. The van der Waals surface area contributed by atoms with E-state index < -0.39 is 9.84 Å². The Bertz CT molecular complexity index is 1040. The van der Waals surface area contributed by atoms with Crippen molar-refractivity contribution < 1.29 is 18.1 Å². The van der Waals surface area contributed by atoms with Crippen LogP contribution in [0.5, 0.6) is 5.75 Å². The molecule has 0 bridgehead atoms. The zero-order valence-corrected chi connectivity index (χ0v) is 15.0. The summed E-state index contributed by atoms with van der Waals surface area (Å²) in [6.45, 7) is 1.11. The normalized spacial score (nSPS) is 11.6. The van der Waals surface area contributed by atoms with Crippen molar-refractivity contribution >= 4 is 26.4 Å². The van der Waals surface area contributed by atoms with Gasteiger partial charge in [0.25, 0.3) is 5.69 Å². The monoisotopic (exact) mass is 374 g/mol. The highest BCUT2D eigenvalue weighted by Crippen LogP contribution is 2.26. The van der Waals surface area contributed by atoms with Gasteiger partial charge in [0.2, 0.25) is 0 Å². The predicted molar refractivity (Wildman–Crippen MR) is 98.3 cm³/mol. The summed E-state index contributed by atoms with van der Waals surface area (Å²) in [7, 11) is -3.21. The Morgan fingerprint density at radius 2 is 1.85 bits per heavy atom. The lowest BCUT2D eigenvalue weighted by atomic mass is 10.2. The molecule has 0 N–H and O–H groups in total. The number of benzene rings is 2. The van der Waals surface area contributed by atoms with Crippen LogP contribution in [0.15, 0.2) is 59.6 Å². The second kappa shape index (κ2) is 7.17. The second-order valence-electron chi connectivity index (χ2n) is 5.92. The number of hydrogen-bond acceptors (Lipinski definition) is 5. The summed E-state index contributed by atoms with van der Waals surface area (Å²) in [5, 5.41) is 11.7. The Hall–Kier alpha value is -2.87. The number of non-ortho nitro benzene ring substituents is 1. The summed E-state index contributed by atoms with van der Waals surface area (Å²) < 4.78 is 30.4. The zero-order chi connectivity index (χ0) is 18.7. The van der Waals surface area contributed by atoms with E-state index in [2.05, 4.69) is 0 Å². The number of nitro benzene ring substituents is 1. The third-order valence-electron chi connectivity index (χ3n) is 4.05. The fourth-order valence-corrected chi connectivity index (χ4v) is 3.40. The number of hydrogen-bond donors (Lipinski definition) is 0. The summed E-state index contributed by atoms with van der Waals surface area (Å²) >= 11 is 0. The average molecular weight is 374 g/mol. The van der Waals surface area contributed by atoms with Gasteiger partial charge in [0.1, 0.15) is 5.75 Å². The van der Waals surface area contributed by atoms with Crippen molar-refractivity contribution in [2.75, 3.05) is 12.9 Å². The molecular formula is C18H18N2O5S. The van der Waals surface area contributed by atoms with Gasteiger partial charge in [-0.1, -0.05) is 6.07 Å². The number of sulfone groups is 1. The summed E-state index contributed by atoms with van der Waals surface area (Å²) in [6.07, 6.45) is 3.70. The summed E-state index contributed by atoms with van der Waals surface area (Å²) in [5.74, 6) is 0.602. The minimum atomic E-state index is -3.21. The first-order valence-corrected chi connectivity index (χ1v) is 9.90. The summed E-state index contributed by atoms with van der Waals surface area (Å²) in [5.41, 5.74) is 0.917. The quantitative estimate of drug-likeness (QED) is 0.359.